The van der Waals surface area contributed by atoms with Gasteiger partial charge >= 0.3 is 17.9 Å². The van der Waals surface area contributed by atoms with Crippen LogP contribution in [0.3, 0.4) is 0 Å². The summed E-state index contributed by atoms with van der Waals surface area (Å²) in [5.74, 6) is -3.86. The van der Waals surface area contributed by atoms with Gasteiger partial charge in [0.05, 0.1) is 80.3 Å². The fourth-order valence-corrected chi connectivity index (χ4v) is 19.6. The molecule has 5 aliphatic heterocycles. The largest absolute Gasteiger partial charge is 0.452 e. The molecule has 0 amide bonds. The van der Waals surface area contributed by atoms with Crippen LogP contribution in [-0.4, -0.2) is 309 Å². The smallest absolute Gasteiger partial charge is 0.336 e. The molecular weight excluding hydrogens is 1450 g/mol. The molecule has 4 saturated carbocycles. The molecule has 0 bridgehead atoms. The lowest BCUT2D eigenvalue weighted by Gasteiger charge is -2.71. The summed E-state index contributed by atoms with van der Waals surface area (Å²) in [5, 5.41) is 188. The summed E-state index contributed by atoms with van der Waals surface area (Å²) in [6.45, 7) is 23.0. The van der Waals surface area contributed by atoms with E-state index in [4.69, 9.17) is 56.8 Å². The van der Waals surface area contributed by atoms with E-state index < -0.39 is 237 Å². The van der Waals surface area contributed by atoms with E-state index in [-0.39, 0.29) is 85.6 Å². The first kappa shape index (κ1) is 88.4. The minimum absolute atomic E-state index is 0.00193. The van der Waals surface area contributed by atoms with Crippen LogP contribution in [0.1, 0.15) is 153 Å². The third-order valence-corrected chi connectivity index (χ3v) is 27.0. The number of esters is 3. The fourth-order valence-electron chi connectivity index (χ4n) is 19.6. The number of carbonyl (C=O) groups excluding carboxylic acids is 3. The minimum Gasteiger partial charge on any atom is -0.452 e. The second kappa shape index (κ2) is 34.3. The van der Waals surface area contributed by atoms with Gasteiger partial charge in [0.25, 0.3) is 0 Å². The van der Waals surface area contributed by atoms with Crippen LogP contribution in [0, 0.1) is 50.2 Å². The molecular formula is C78H122O32. The van der Waals surface area contributed by atoms with Gasteiger partial charge in [0.2, 0.25) is 6.29 Å². The Morgan fingerprint density at radius 2 is 1.10 bits per heavy atom. The van der Waals surface area contributed by atoms with Crippen LogP contribution in [0.2, 0.25) is 0 Å². The number of allylic oxidation sites excluding steroid dienone is 4. The normalized spacial score (nSPS) is 45.9. The van der Waals surface area contributed by atoms with Crippen LogP contribution in [0.25, 0.3) is 0 Å². The standard InChI is InChI=1S/C78H122O32/c1-13-73(8,97)23-15-17-38(31-79)63(94)108-61-50(83)37(3)103-69(62(61)109-64(95)39(32-80)18-16-24-74(9,98)14-2)102-36-44-53(86)56(89)60(93)68(106-44)110-70(96)78-28-27-71(4,5)29-41(78)40-19-20-47-75(10)25-22-49(72(6,7)46(75)21-26-76(47,11)77(40,12)30-48(78)82)107-67-59(92)55(88)52(85)43(105-67)34-100-65-58(91)54(87)45(35-101-65)104-66-57(90)51(84)42(81)33-99-66/h13-14,17-19,37,41-62,65-69,79-93,97-98H,1-2,15-16,20-36H2,3-12H3/b38-17+,39-18+/t37-,41?,42+,43+,44+,45+,46-,47+,48+,49-,50-,51-,52+,53+,54-,55-,56-,57+,58+,59+,60+,61+,62+,65+,66+,67-,68-,69+,73+,74+,75-,76+,77+,78?/m0/s1. The van der Waals surface area contributed by atoms with Gasteiger partial charge in [-0.3, -0.25) is 4.79 Å². The van der Waals surface area contributed by atoms with Crippen molar-refractivity contribution in [3.63, 3.8) is 0 Å². The molecule has 2 unspecified atom stereocenters. The third kappa shape index (κ3) is 17.3. The van der Waals surface area contributed by atoms with Crippen LogP contribution in [0.4, 0.5) is 0 Å². The Hall–Kier alpha value is -3.93. The van der Waals surface area contributed by atoms with Crippen molar-refractivity contribution < 1.29 is 158 Å². The van der Waals surface area contributed by atoms with Crippen molar-refractivity contribution in [3.8, 4) is 0 Å². The monoisotopic (exact) mass is 1570 g/mol. The number of rotatable bonds is 26. The van der Waals surface area contributed by atoms with Crippen molar-refractivity contribution in [2.24, 2.45) is 50.2 Å². The van der Waals surface area contributed by atoms with Crippen molar-refractivity contribution in [2.45, 2.75) is 317 Å². The molecule has 9 fully saturated rings. The van der Waals surface area contributed by atoms with Gasteiger partial charge in [-0.05, 0) is 149 Å². The molecule has 5 heterocycles. The molecule has 0 radical (unpaired) electrons. The number of hydrogen-bond donors (Lipinski definition) is 17. The SMILES string of the molecule is C=C[C@@](C)(O)CC/C=C(\CO)C(=O)O[C@@H]1[C@@H](O)[C@H](C)O[C@@H](OC[C@H]2O[C@@H](OC(=O)C34CCC(C)(C)CC3C3=CC[C@@H]5[C@@]6(C)CC[C@H](O[C@@H]7O[C@H](CO[C@@H]8OC[C@@H](O[C@H]9OC[C@@H](O)[C@H](O)[C@H]9O)[C@H](O)[C@H]8O)[C@@H](O)[C@H](O)[C@H]7O)C(C)(C)[C@@H]6CC[C@@]5(C)[C@]3(C)C[C@H]4O)[C@H](O)[C@@H](O)[C@@H]2O)[C@@H]1OC(=O)/C(=C/CC[C@](C)(O)C=C)CO. The van der Waals surface area contributed by atoms with Gasteiger partial charge in [-0.1, -0.05) is 84.4 Å². The molecule has 32 heteroatoms. The lowest BCUT2D eigenvalue weighted by molar-refractivity contribution is -0.347. The highest BCUT2D eigenvalue weighted by Crippen LogP contribution is 2.76. The Kier molecular flexibility index (Phi) is 27.6. The predicted octanol–water partition coefficient (Wildman–Crippen LogP) is -0.561. The van der Waals surface area contributed by atoms with E-state index >= 15 is 4.79 Å². The summed E-state index contributed by atoms with van der Waals surface area (Å²) >= 11 is 0. The Labute approximate surface area is 641 Å². The Morgan fingerprint density at radius 3 is 1.68 bits per heavy atom. The summed E-state index contributed by atoms with van der Waals surface area (Å²) in [4.78, 5) is 43.5. The first-order valence-electron chi connectivity index (χ1n) is 38.7. The van der Waals surface area contributed by atoms with Crippen LogP contribution in [0.15, 0.2) is 60.3 Å². The summed E-state index contributed by atoms with van der Waals surface area (Å²) in [6, 6.07) is 0. The summed E-state index contributed by atoms with van der Waals surface area (Å²) in [6.07, 6.45) is -28.4. The van der Waals surface area contributed by atoms with E-state index in [2.05, 4.69) is 67.7 Å². The maximum atomic E-state index is 15.6. The van der Waals surface area contributed by atoms with Gasteiger partial charge in [-0.2, -0.15) is 0 Å². The minimum atomic E-state index is -2.06. The van der Waals surface area contributed by atoms with Crippen molar-refractivity contribution in [1.29, 1.82) is 0 Å². The fraction of sp³-hybridized carbons (Fsp3) is 0.833. The van der Waals surface area contributed by atoms with E-state index in [1.165, 1.54) is 45.1 Å². The second-order valence-electron chi connectivity index (χ2n) is 35.1. The van der Waals surface area contributed by atoms with Crippen molar-refractivity contribution >= 4 is 17.9 Å². The average molecular weight is 1570 g/mol. The molecule has 34 atom stereocenters. The third-order valence-electron chi connectivity index (χ3n) is 27.0. The van der Waals surface area contributed by atoms with E-state index in [1.54, 1.807) is 0 Å². The number of carbonyl (C=O) groups is 3. The molecule has 17 N–H and O–H groups in total. The molecule has 5 saturated heterocycles. The molecule has 0 aromatic carbocycles. The van der Waals surface area contributed by atoms with Gasteiger partial charge in [0, 0.05) is 0 Å². The highest BCUT2D eigenvalue weighted by molar-refractivity contribution is 5.90. The van der Waals surface area contributed by atoms with Crippen molar-refractivity contribution in [1.82, 2.24) is 0 Å². The molecule has 626 valence electrons. The number of aliphatic hydroxyl groups is 17. The Bertz CT molecular complexity index is 3300. The van der Waals surface area contributed by atoms with E-state index in [0.29, 0.717) is 44.9 Å². The second-order valence-corrected chi connectivity index (χ2v) is 35.1. The zero-order valence-electron chi connectivity index (χ0n) is 64.6. The highest BCUT2D eigenvalue weighted by atomic mass is 16.8. The number of hydrogen-bond acceptors (Lipinski definition) is 32. The Morgan fingerprint density at radius 1 is 0.564 bits per heavy atom. The first-order chi connectivity index (χ1) is 51.4. The lowest BCUT2D eigenvalue weighted by atomic mass is 9.33. The number of aliphatic hydroxyl groups excluding tert-OH is 15. The van der Waals surface area contributed by atoms with Gasteiger partial charge in [0.1, 0.15) is 97.0 Å². The van der Waals surface area contributed by atoms with Gasteiger partial charge in [-0.15, -0.1) is 13.2 Å². The lowest BCUT2D eigenvalue weighted by Crippen LogP contribution is -2.68. The predicted molar refractivity (Wildman–Crippen MR) is 382 cm³/mol. The summed E-state index contributed by atoms with van der Waals surface area (Å²) in [7, 11) is 0. The molecule has 5 aliphatic carbocycles. The molecule has 0 aromatic heterocycles. The summed E-state index contributed by atoms with van der Waals surface area (Å²) in [5.41, 5.74) is -6.42. The molecule has 32 nitrogen and oxygen atoms in total. The quantitative estimate of drug-likeness (QED) is 0.0170. The Balaban J connectivity index is 0.829. The molecule has 10 aliphatic rings. The van der Waals surface area contributed by atoms with Crippen molar-refractivity contribution in [2.75, 3.05) is 39.6 Å². The van der Waals surface area contributed by atoms with Gasteiger partial charge < -0.3 is 144 Å². The zero-order chi connectivity index (χ0) is 81.1. The number of fused-ring (bicyclic) bond motifs is 7. The molecule has 10 rings (SSSR count). The van der Waals surface area contributed by atoms with Crippen molar-refractivity contribution in [3.05, 3.63) is 60.3 Å². The van der Waals surface area contributed by atoms with Crippen LogP contribution in [-0.2, 0) is 71.2 Å². The zero-order valence-corrected chi connectivity index (χ0v) is 64.6. The maximum Gasteiger partial charge on any atom is 0.336 e. The van der Waals surface area contributed by atoms with Gasteiger partial charge in [-0.25, -0.2) is 9.59 Å². The molecule has 0 spiro atoms. The van der Waals surface area contributed by atoms with E-state index in [0.717, 1.165) is 5.57 Å². The molecule has 110 heavy (non-hydrogen) atoms. The van der Waals surface area contributed by atoms with Gasteiger partial charge in [0.15, 0.2) is 37.4 Å². The van der Waals surface area contributed by atoms with Crippen LogP contribution in [0.5, 0.6) is 0 Å². The maximum absolute atomic E-state index is 15.6. The van der Waals surface area contributed by atoms with E-state index in [9.17, 15) is 96.4 Å². The molecule has 0 aromatic rings. The topological polar surface area (TPSA) is 506 Å². The first-order valence-corrected chi connectivity index (χ1v) is 38.7. The summed E-state index contributed by atoms with van der Waals surface area (Å²) < 4.78 is 71.5. The number of ether oxygens (including phenoxy) is 12. The van der Waals surface area contributed by atoms with Crippen LogP contribution >= 0.6 is 0 Å². The highest BCUT2D eigenvalue weighted by Gasteiger charge is 2.72. The van der Waals surface area contributed by atoms with Crippen LogP contribution < -0.4 is 0 Å². The average Bonchev–Trinajstić information content (AvgIpc) is 0.671. The van der Waals surface area contributed by atoms with E-state index in [1.807, 2.05) is 0 Å².